The van der Waals surface area contributed by atoms with E-state index in [1.165, 1.54) is 11.0 Å². The molecule has 31 heavy (non-hydrogen) atoms. The molecule has 3 fully saturated rings. The van der Waals surface area contributed by atoms with Crippen molar-refractivity contribution < 1.29 is 18.7 Å². The van der Waals surface area contributed by atoms with E-state index in [0.717, 1.165) is 0 Å². The van der Waals surface area contributed by atoms with Gasteiger partial charge in [0.15, 0.2) is 0 Å². The number of carbonyl (C=O) groups is 1. The van der Waals surface area contributed by atoms with Gasteiger partial charge in [-0.05, 0) is 29.8 Å². The van der Waals surface area contributed by atoms with E-state index in [1.54, 1.807) is 30.5 Å². The van der Waals surface area contributed by atoms with E-state index in [2.05, 4.69) is 21.1 Å². The second kappa shape index (κ2) is 7.23. The van der Waals surface area contributed by atoms with E-state index >= 15 is 0 Å². The van der Waals surface area contributed by atoms with Gasteiger partial charge in [-0.25, -0.2) is 9.18 Å². The van der Waals surface area contributed by atoms with Crippen LogP contribution in [0.2, 0.25) is 0 Å². The van der Waals surface area contributed by atoms with Crippen LogP contribution < -0.4 is 4.90 Å². The highest BCUT2D eigenvalue weighted by molar-refractivity contribution is 5.90. The first-order chi connectivity index (χ1) is 15.1. The fourth-order valence-corrected chi connectivity index (χ4v) is 4.62. The van der Waals surface area contributed by atoms with Crippen molar-refractivity contribution in [2.45, 2.75) is 11.5 Å². The Morgan fingerprint density at radius 1 is 1.35 bits per heavy atom. The minimum Gasteiger partial charge on any atom is -0.444 e. The van der Waals surface area contributed by atoms with Gasteiger partial charge in [-0.2, -0.15) is 5.26 Å². The lowest BCUT2D eigenvalue weighted by molar-refractivity contribution is 0.145. The summed E-state index contributed by atoms with van der Waals surface area (Å²) < 4.78 is 25.4. The summed E-state index contributed by atoms with van der Waals surface area (Å²) >= 11 is 0. The number of cyclic esters (lactones) is 1. The third-order valence-corrected chi connectivity index (χ3v) is 6.31. The Balaban J connectivity index is 1.36. The first-order valence-corrected chi connectivity index (χ1v) is 9.83. The number of pyridine rings is 1. The molecule has 1 amide bonds. The largest absolute Gasteiger partial charge is 0.444 e. The van der Waals surface area contributed by atoms with E-state index in [9.17, 15) is 14.4 Å². The number of fused-ring (bicyclic) bond motifs is 1. The van der Waals surface area contributed by atoms with Gasteiger partial charge in [0.25, 0.3) is 0 Å². The van der Waals surface area contributed by atoms with Gasteiger partial charge in [-0.3, -0.25) is 9.88 Å². The van der Waals surface area contributed by atoms with Gasteiger partial charge in [0.1, 0.15) is 17.3 Å². The lowest BCUT2D eigenvalue weighted by atomic mass is 9.96. The average molecular weight is 420 g/mol. The maximum atomic E-state index is 14.9. The zero-order chi connectivity index (χ0) is 21.6. The highest BCUT2D eigenvalue weighted by atomic mass is 19.1. The number of benzene rings is 1. The average Bonchev–Trinajstić information content (AvgIpc) is 3.09. The van der Waals surface area contributed by atoms with Crippen LogP contribution in [-0.2, 0) is 14.9 Å². The molecule has 1 aromatic carbocycles. The van der Waals surface area contributed by atoms with Crippen LogP contribution in [-0.4, -0.2) is 43.5 Å². The molecule has 3 heterocycles. The van der Waals surface area contributed by atoms with Crippen molar-refractivity contribution in [2.24, 2.45) is 17.0 Å². The molecular formula is C21H17FN6O3. The minimum atomic E-state index is -0.614. The van der Waals surface area contributed by atoms with Crippen LogP contribution in [0.15, 0.2) is 41.6 Å². The van der Waals surface area contributed by atoms with Crippen molar-refractivity contribution in [3.05, 3.63) is 58.5 Å². The lowest BCUT2D eigenvalue weighted by Gasteiger charge is -2.15. The van der Waals surface area contributed by atoms with Gasteiger partial charge in [0.05, 0.1) is 43.8 Å². The summed E-state index contributed by atoms with van der Waals surface area (Å²) in [5.74, 6) is -0.158. The van der Waals surface area contributed by atoms with Gasteiger partial charge in [0, 0.05) is 34.1 Å². The normalized spacial score (nSPS) is 28.5. The van der Waals surface area contributed by atoms with Crippen LogP contribution in [0.3, 0.4) is 0 Å². The molecule has 9 nitrogen and oxygen atoms in total. The maximum absolute atomic E-state index is 14.9. The van der Waals surface area contributed by atoms with Crippen molar-refractivity contribution >= 4 is 11.8 Å². The number of hydrogen-bond acceptors (Lipinski definition) is 6. The molecule has 2 aliphatic heterocycles. The number of azide groups is 1. The Morgan fingerprint density at radius 2 is 2.16 bits per heavy atom. The quantitative estimate of drug-likeness (QED) is 0.415. The molecular weight excluding hydrogens is 403 g/mol. The minimum absolute atomic E-state index is 0.0232. The van der Waals surface area contributed by atoms with Gasteiger partial charge in [-0.1, -0.05) is 11.2 Å². The number of nitrogens with zero attached hydrogens (tertiary/aromatic N) is 6. The van der Waals surface area contributed by atoms with E-state index in [4.69, 9.17) is 15.0 Å². The third-order valence-electron chi connectivity index (χ3n) is 6.31. The van der Waals surface area contributed by atoms with Crippen molar-refractivity contribution in [3.8, 4) is 17.2 Å². The lowest BCUT2D eigenvalue weighted by Crippen LogP contribution is -2.25. The molecule has 0 spiro atoms. The Bertz CT molecular complexity index is 1130. The predicted octanol–water partition coefficient (Wildman–Crippen LogP) is 3.56. The van der Waals surface area contributed by atoms with E-state index < -0.39 is 23.4 Å². The van der Waals surface area contributed by atoms with Gasteiger partial charge < -0.3 is 9.47 Å². The van der Waals surface area contributed by atoms with Crippen LogP contribution in [0.1, 0.15) is 5.69 Å². The molecule has 1 aliphatic carbocycles. The molecule has 1 saturated carbocycles. The first kappa shape index (κ1) is 19.3. The van der Waals surface area contributed by atoms with Crippen LogP contribution in [0.25, 0.3) is 21.6 Å². The first-order valence-electron chi connectivity index (χ1n) is 9.83. The summed E-state index contributed by atoms with van der Waals surface area (Å²) in [6.45, 7) is 1.34. The monoisotopic (exact) mass is 420 g/mol. The number of ether oxygens (including phenoxy) is 2. The highest BCUT2D eigenvalue weighted by Gasteiger charge is 2.70. The molecule has 0 radical (unpaired) electrons. The summed E-state index contributed by atoms with van der Waals surface area (Å²) in [5.41, 5.74) is 9.77. The predicted molar refractivity (Wildman–Crippen MR) is 106 cm³/mol. The molecule has 156 valence electrons. The van der Waals surface area contributed by atoms with Crippen molar-refractivity contribution in [1.29, 1.82) is 5.26 Å². The molecule has 0 N–H and O–H groups in total. The second-order valence-corrected chi connectivity index (χ2v) is 7.86. The number of hydrogen-bond donors (Lipinski definition) is 0. The Morgan fingerprint density at radius 3 is 2.81 bits per heavy atom. The maximum Gasteiger partial charge on any atom is 0.414 e. The molecule has 10 heteroatoms. The molecule has 3 aliphatic rings. The molecule has 1 unspecified atom stereocenters. The molecule has 0 bridgehead atoms. The number of carbonyl (C=O) groups excluding carboxylic acids is 1. The number of halogens is 1. The smallest absolute Gasteiger partial charge is 0.414 e. The Hall–Kier alpha value is -3.67. The number of aromatic nitrogens is 1. The fraction of sp³-hybridized carbons (Fsp3) is 0.381. The standard InChI is InChI=1S/C21H17FN6O3/c22-18-5-13(28-8-14(7-26-27-24)31-20(28)29)2-3-15(18)12-1-4-19(25-6-12)21(11-23)16-9-30-10-17(16)21/h1-6,14,16-17H,7-10H2/t14-,16-,17+,21?/m0/s1. The van der Waals surface area contributed by atoms with Crippen molar-refractivity contribution in [1.82, 2.24) is 4.98 Å². The molecule has 2 saturated heterocycles. The van der Waals surface area contributed by atoms with Crippen LogP contribution in [0, 0.1) is 29.0 Å². The third kappa shape index (κ3) is 2.98. The Kier molecular flexibility index (Phi) is 4.50. The number of nitriles is 1. The van der Waals surface area contributed by atoms with Gasteiger partial charge in [-0.15, -0.1) is 0 Å². The highest BCUT2D eigenvalue weighted by Crippen LogP contribution is 2.62. The molecule has 1 aromatic heterocycles. The van der Waals surface area contributed by atoms with Gasteiger partial charge >= 0.3 is 6.09 Å². The number of anilines is 1. The summed E-state index contributed by atoms with van der Waals surface area (Å²) in [6, 6.07) is 10.4. The molecule has 2 aromatic rings. The number of amides is 1. The van der Waals surface area contributed by atoms with Crippen molar-refractivity contribution in [2.75, 3.05) is 31.2 Å². The zero-order valence-corrected chi connectivity index (χ0v) is 16.3. The number of rotatable bonds is 5. The van der Waals surface area contributed by atoms with Crippen LogP contribution >= 0.6 is 0 Å². The molecule has 5 rings (SSSR count). The summed E-state index contributed by atoms with van der Waals surface area (Å²) in [6.07, 6.45) is 0.390. The summed E-state index contributed by atoms with van der Waals surface area (Å²) in [7, 11) is 0. The SMILES string of the molecule is N#CC1(c2ccc(-c3ccc(N4C[C@H](CN=[N+]=[N-])OC4=O)cc3F)cn2)[C@@H]2COC[C@@H]21. The second-order valence-electron chi connectivity index (χ2n) is 7.86. The van der Waals surface area contributed by atoms with Crippen LogP contribution in [0.5, 0.6) is 0 Å². The zero-order valence-electron chi connectivity index (χ0n) is 16.3. The Labute approximate surface area is 176 Å². The fourth-order valence-electron chi connectivity index (χ4n) is 4.62. The van der Waals surface area contributed by atoms with E-state index in [0.29, 0.717) is 35.7 Å². The topological polar surface area (TPSA) is 124 Å². The van der Waals surface area contributed by atoms with E-state index in [-0.39, 0.29) is 24.9 Å². The summed E-state index contributed by atoms with van der Waals surface area (Å²) in [4.78, 5) is 20.5. The summed E-state index contributed by atoms with van der Waals surface area (Å²) in [5, 5.41) is 13.1. The van der Waals surface area contributed by atoms with Crippen LogP contribution in [0.4, 0.5) is 14.9 Å². The van der Waals surface area contributed by atoms with Crippen molar-refractivity contribution in [3.63, 3.8) is 0 Å². The van der Waals surface area contributed by atoms with E-state index in [1.807, 2.05) is 0 Å². The van der Waals surface area contributed by atoms with Gasteiger partial charge in [0.2, 0.25) is 0 Å². The molecule has 4 atom stereocenters.